The van der Waals surface area contributed by atoms with Crippen molar-refractivity contribution in [2.24, 2.45) is 0 Å². The molecular formula is C11H23NO2. The van der Waals surface area contributed by atoms with Crippen LogP contribution in [0.2, 0.25) is 0 Å². The molecule has 3 heteroatoms. The van der Waals surface area contributed by atoms with Crippen LogP contribution in [0.15, 0.2) is 0 Å². The van der Waals surface area contributed by atoms with Crippen LogP contribution in [0, 0.1) is 0 Å². The minimum absolute atomic E-state index is 0.972. The third kappa shape index (κ3) is 5.97. The summed E-state index contributed by atoms with van der Waals surface area (Å²) in [5.74, 6) is -1.08. The Balaban J connectivity index is 0.000000364. The van der Waals surface area contributed by atoms with E-state index in [1.54, 1.807) is 0 Å². The summed E-state index contributed by atoms with van der Waals surface area (Å²) >= 11 is 0. The highest BCUT2D eigenvalue weighted by atomic mass is 16.4. The molecule has 1 aliphatic heterocycles. The van der Waals surface area contributed by atoms with Crippen LogP contribution in [0.1, 0.15) is 46.5 Å². The molecule has 0 aromatic carbocycles. The number of hydrogen-bond acceptors (Lipinski definition) is 2. The zero-order valence-corrected chi connectivity index (χ0v) is 9.64. The van der Waals surface area contributed by atoms with Crippen LogP contribution in [0.25, 0.3) is 0 Å². The number of hydrogen-bond donors (Lipinski definition) is 1. The van der Waals surface area contributed by atoms with Gasteiger partial charge in [-0.15, -0.1) is 0 Å². The number of carbonyl (C=O) groups is 1. The van der Waals surface area contributed by atoms with Crippen molar-refractivity contribution in [3.05, 3.63) is 0 Å². The second-order valence-corrected chi connectivity index (χ2v) is 3.90. The second-order valence-electron chi connectivity index (χ2n) is 3.90. The molecule has 1 saturated heterocycles. The normalized spacial score (nSPS) is 25.4. The molecule has 1 aliphatic rings. The van der Waals surface area contributed by atoms with Crippen LogP contribution in [0.3, 0.4) is 0 Å². The van der Waals surface area contributed by atoms with E-state index in [1.807, 2.05) is 4.90 Å². The molecule has 0 aromatic heterocycles. The van der Waals surface area contributed by atoms with Gasteiger partial charge in [0.15, 0.2) is 0 Å². The average molecular weight is 201 g/mol. The van der Waals surface area contributed by atoms with Gasteiger partial charge in [0.2, 0.25) is 0 Å². The zero-order chi connectivity index (χ0) is 11.0. The highest BCUT2D eigenvalue weighted by Crippen LogP contribution is 2.02. The quantitative estimate of drug-likeness (QED) is 0.676. The second kappa shape index (κ2) is 7.80. The zero-order valence-electron chi connectivity index (χ0n) is 9.64. The first-order valence-electron chi connectivity index (χ1n) is 5.63. The Hall–Kier alpha value is -0.570. The van der Waals surface area contributed by atoms with E-state index in [-0.39, 0.29) is 0 Å². The minimum atomic E-state index is -1.08. The number of quaternary nitrogens is 1. The molecule has 0 aliphatic carbocycles. The van der Waals surface area contributed by atoms with Gasteiger partial charge in [0.25, 0.3) is 0 Å². The number of nitrogens with one attached hydrogen (secondary N) is 1. The van der Waals surface area contributed by atoms with Gasteiger partial charge in [0.05, 0.1) is 19.1 Å². The number of likely N-dealkylation sites (tertiary alicyclic amines) is 1. The van der Waals surface area contributed by atoms with Gasteiger partial charge in [-0.25, -0.2) is 0 Å². The van der Waals surface area contributed by atoms with E-state index < -0.39 is 5.97 Å². The SMILES string of the molecule is CC(=O)[O-].CCC[NH+]1CCCC1CC. The maximum Gasteiger partial charge on any atom is 0.0874 e. The standard InChI is InChI=1S/C9H19N.C2H4O2/c1-3-7-10-8-5-6-9(10)4-2;1-2(3)4/h9H,3-8H2,1-2H3;1H3,(H,3,4). The van der Waals surface area contributed by atoms with Crippen molar-refractivity contribution in [3.8, 4) is 0 Å². The third-order valence-corrected chi connectivity index (χ3v) is 2.69. The van der Waals surface area contributed by atoms with Crippen molar-refractivity contribution in [2.75, 3.05) is 13.1 Å². The number of carboxylic acid groups (broad SMARTS) is 1. The van der Waals surface area contributed by atoms with Crippen molar-refractivity contribution in [1.82, 2.24) is 0 Å². The number of rotatable bonds is 3. The summed E-state index contributed by atoms with van der Waals surface area (Å²) in [6.07, 6.45) is 5.68. The first kappa shape index (κ1) is 13.4. The van der Waals surface area contributed by atoms with Crippen LogP contribution < -0.4 is 10.0 Å². The van der Waals surface area contributed by atoms with Gasteiger partial charge in [0, 0.05) is 18.8 Å². The number of carbonyl (C=O) groups excluding carboxylic acids is 1. The van der Waals surface area contributed by atoms with Gasteiger partial charge in [-0.3, -0.25) is 0 Å². The van der Waals surface area contributed by atoms with E-state index in [1.165, 1.54) is 38.8 Å². The van der Waals surface area contributed by atoms with E-state index in [4.69, 9.17) is 9.90 Å². The lowest BCUT2D eigenvalue weighted by Gasteiger charge is -2.18. The van der Waals surface area contributed by atoms with Crippen LogP contribution >= 0.6 is 0 Å². The van der Waals surface area contributed by atoms with Crippen LogP contribution in [-0.2, 0) is 4.79 Å². The predicted octanol–water partition coefficient (Wildman–Crippen LogP) is -0.390. The molecule has 0 radical (unpaired) electrons. The number of carboxylic acids is 1. The van der Waals surface area contributed by atoms with Gasteiger partial charge in [-0.05, 0) is 19.8 Å². The first-order valence-corrected chi connectivity index (χ1v) is 5.63. The Morgan fingerprint density at radius 1 is 1.50 bits per heavy atom. The van der Waals surface area contributed by atoms with Crippen molar-refractivity contribution in [1.29, 1.82) is 0 Å². The predicted molar refractivity (Wildman–Crippen MR) is 55.0 cm³/mol. The number of aliphatic carboxylic acids is 1. The molecule has 0 aromatic rings. The molecule has 1 heterocycles. The maximum absolute atomic E-state index is 8.89. The summed E-state index contributed by atoms with van der Waals surface area (Å²) in [4.78, 5) is 10.8. The van der Waals surface area contributed by atoms with E-state index in [0.717, 1.165) is 13.0 Å². The monoisotopic (exact) mass is 201 g/mol. The van der Waals surface area contributed by atoms with E-state index >= 15 is 0 Å². The highest BCUT2D eigenvalue weighted by Gasteiger charge is 2.25. The van der Waals surface area contributed by atoms with Crippen LogP contribution in [-0.4, -0.2) is 25.1 Å². The Kier molecular flexibility index (Phi) is 7.48. The summed E-state index contributed by atoms with van der Waals surface area (Å²) in [6.45, 7) is 8.43. The summed E-state index contributed by atoms with van der Waals surface area (Å²) in [5.41, 5.74) is 0. The summed E-state index contributed by atoms with van der Waals surface area (Å²) in [7, 11) is 0. The van der Waals surface area contributed by atoms with Gasteiger partial charge in [0.1, 0.15) is 0 Å². The van der Waals surface area contributed by atoms with Crippen molar-refractivity contribution >= 4 is 5.97 Å². The van der Waals surface area contributed by atoms with E-state index in [9.17, 15) is 0 Å². The smallest absolute Gasteiger partial charge is 0.0874 e. The molecule has 1 fully saturated rings. The molecule has 3 nitrogen and oxygen atoms in total. The van der Waals surface area contributed by atoms with Gasteiger partial charge in [-0.2, -0.15) is 0 Å². The molecule has 0 amide bonds. The van der Waals surface area contributed by atoms with Crippen molar-refractivity contribution < 1.29 is 14.8 Å². The average Bonchev–Trinajstić information content (AvgIpc) is 2.51. The molecule has 2 unspecified atom stereocenters. The van der Waals surface area contributed by atoms with Crippen LogP contribution in [0.5, 0.6) is 0 Å². The fraction of sp³-hybridized carbons (Fsp3) is 0.909. The molecule has 1 rings (SSSR count). The van der Waals surface area contributed by atoms with E-state index in [2.05, 4.69) is 13.8 Å². The van der Waals surface area contributed by atoms with Crippen molar-refractivity contribution in [3.63, 3.8) is 0 Å². The fourth-order valence-corrected chi connectivity index (χ4v) is 2.13. The molecule has 0 bridgehead atoms. The lowest BCUT2D eigenvalue weighted by molar-refractivity contribution is -0.912. The molecule has 0 spiro atoms. The minimum Gasteiger partial charge on any atom is -0.550 e. The first-order chi connectivity index (χ1) is 6.61. The molecule has 0 saturated carbocycles. The van der Waals surface area contributed by atoms with E-state index in [0.29, 0.717) is 0 Å². The Labute approximate surface area is 87.1 Å². The maximum atomic E-state index is 8.89. The lowest BCUT2D eigenvalue weighted by Crippen LogP contribution is -3.13. The largest absolute Gasteiger partial charge is 0.550 e. The fourth-order valence-electron chi connectivity index (χ4n) is 2.13. The molecular weight excluding hydrogens is 178 g/mol. The summed E-state index contributed by atoms with van der Waals surface area (Å²) < 4.78 is 0. The lowest BCUT2D eigenvalue weighted by atomic mass is 10.2. The molecule has 1 N–H and O–H groups in total. The summed E-state index contributed by atoms with van der Waals surface area (Å²) in [6, 6.07) is 1.000. The molecule has 2 atom stereocenters. The Morgan fingerprint density at radius 3 is 2.50 bits per heavy atom. The Bertz CT molecular complexity index is 155. The Morgan fingerprint density at radius 2 is 2.07 bits per heavy atom. The van der Waals surface area contributed by atoms with Gasteiger partial charge < -0.3 is 14.8 Å². The van der Waals surface area contributed by atoms with Gasteiger partial charge >= 0.3 is 0 Å². The van der Waals surface area contributed by atoms with Gasteiger partial charge in [-0.1, -0.05) is 13.8 Å². The molecule has 14 heavy (non-hydrogen) atoms. The molecule has 84 valence electrons. The van der Waals surface area contributed by atoms with Crippen molar-refractivity contribution in [2.45, 2.75) is 52.5 Å². The third-order valence-electron chi connectivity index (χ3n) is 2.69. The summed E-state index contributed by atoms with van der Waals surface area (Å²) in [5, 5.41) is 8.89. The van der Waals surface area contributed by atoms with Crippen LogP contribution in [0.4, 0.5) is 0 Å². The highest BCUT2D eigenvalue weighted by molar-refractivity contribution is 5.60. The topological polar surface area (TPSA) is 44.6 Å².